The second kappa shape index (κ2) is 6.05. The molecule has 1 atom stereocenters. The van der Waals surface area contributed by atoms with Crippen molar-refractivity contribution in [2.24, 2.45) is 0 Å². The average molecular weight is 300 g/mol. The Kier molecular flexibility index (Phi) is 5.00. The summed E-state index contributed by atoms with van der Waals surface area (Å²) < 4.78 is 6.63. The average Bonchev–Trinajstić information content (AvgIpc) is 2.21. The molecular weight excluding hydrogens is 282 g/mol. The molecule has 1 unspecified atom stereocenters. The molecule has 0 aliphatic heterocycles. The van der Waals surface area contributed by atoms with Crippen LogP contribution in [0.15, 0.2) is 22.7 Å². The number of hydrogen-bond donors (Lipinski definition) is 1. The molecule has 3 nitrogen and oxygen atoms in total. The summed E-state index contributed by atoms with van der Waals surface area (Å²) in [5.74, 6) is 0.641. The van der Waals surface area contributed by atoms with Crippen molar-refractivity contribution in [1.29, 1.82) is 0 Å². The van der Waals surface area contributed by atoms with Crippen molar-refractivity contribution >= 4 is 21.8 Å². The maximum Gasteiger partial charge on any atom is 0.260 e. The second-order valence-electron chi connectivity index (χ2n) is 4.33. The first-order valence-corrected chi connectivity index (χ1v) is 6.42. The van der Waals surface area contributed by atoms with Crippen molar-refractivity contribution in [3.63, 3.8) is 0 Å². The standard InChI is InChI=1S/C13H18BrNO2/c1-8(2)15-13(16)10(4)17-12-6-5-11(14)7-9(12)3/h5-8,10H,1-4H3,(H,15,16). The lowest BCUT2D eigenvalue weighted by Crippen LogP contribution is -2.40. The van der Waals surface area contributed by atoms with Gasteiger partial charge < -0.3 is 10.1 Å². The third-order valence-corrected chi connectivity index (χ3v) is 2.73. The summed E-state index contributed by atoms with van der Waals surface area (Å²) in [5, 5.41) is 2.82. The van der Waals surface area contributed by atoms with Crippen molar-refractivity contribution in [1.82, 2.24) is 5.32 Å². The van der Waals surface area contributed by atoms with Gasteiger partial charge in [0.2, 0.25) is 0 Å². The maximum absolute atomic E-state index is 11.7. The lowest BCUT2D eigenvalue weighted by Gasteiger charge is -2.17. The highest BCUT2D eigenvalue weighted by Gasteiger charge is 2.16. The zero-order valence-electron chi connectivity index (χ0n) is 10.6. The Morgan fingerprint density at radius 3 is 2.53 bits per heavy atom. The highest BCUT2D eigenvalue weighted by molar-refractivity contribution is 9.10. The maximum atomic E-state index is 11.7. The minimum absolute atomic E-state index is 0.0951. The van der Waals surface area contributed by atoms with Gasteiger partial charge in [-0.2, -0.15) is 0 Å². The van der Waals surface area contributed by atoms with Crippen LogP contribution >= 0.6 is 15.9 Å². The van der Waals surface area contributed by atoms with Crippen molar-refractivity contribution in [2.45, 2.75) is 39.8 Å². The van der Waals surface area contributed by atoms with Gasteiger partial charge in [0.15, 0.2) is 6.10 Å². The van der Waals surface area contributed by atoms with Gasteiger partial charge in [-0.25, -0.2) is 0 Å². The fraction of sp³-hybridized carbons (Fsp3) is 0.462. The van der Waals surface area contributed by atoms with E-state index >= 15 is 0 Å². The largest absolute Gasteiger partial charge is 0.481 e. The van der Waals surface area contributed by atoms with Crippen molar-refractivity contribution < 1.29 is 9.53 Å². The van der Waals surface area contributed by atoms with E-state index in [4.69, 9.17) is 4.74 Å². The number of ether oxygens (including phenoxy) is 1. The fourth-order valence-electron chi connectivity index (χ4n) is 1.39. The van der Waals surface area contributed by atoms with E-state index in [0.717, 1.165) is 15.8 Å². The van der Waals surface area contributed by atoms with Gasteiger partial charge in [-0.15, -0.1) is 0 Å². The molecule has 0 spiro atoms. The van der Waals surface area contributed by atoms with Gasteiger partial charge >= 0.3 is 0 Å². The normalized spacial score (nSPS) is 12.4. The molecule has 0 aromatic heterocycles. The van der Waals surface area contributed by atoms with Crippen LogP contribution in [0.5, 0.6) is 5.75 Å². The van der Waals surface area contributed by atoms with E-state index in [0.29, 0.717) is 0 Å². The third kappa shape index (κ3) is 4.38. The van der Waals surface area contributed by atoms with Gasteiger partial charge in [0.05, 0.1) is 0 Å². The first kappa shape index (κ1) is 14.0. The van der Waals surface area contributed by atoms with Gasteiger partial charge in [0, 0.05) is 10.5 Å². The molecule has 0 saturated heterocycles. The van der Waals surface area contributed by atoms with E-state index in [1.165, 1.54) is 0 Å². The molecule has 0 fully saturated rings. The SMILES string of the molecule is Cc1cc(Br)ccc1OC(C)C(=O)NC(C)C. The summed E-state index contributed by atoms with van der Waals surface area (Å²) >= 11 is 3.39. The molecule has 0 saturated carbocycles. The number of aryl methyl sites for hydroxylation is 1. The highest BCUT2D eigenvalue weighted by atomic mass is 79.9. The molecule has 1 rings (SSSR count). The Morgan fingerprint density at radius 1 is 1.35 bits per heavy atom. The molecule has 0 heterocycles. The molecule has 1 amide bonds. The van der Waals surface area contributed by atoms with E-state index in [1.807, 2.05) is 39.0 Å². The van der Waals surface area contributed by atoms with E-state index in [1.54, 1.807) is 6.92 Å². The van der Waals surface area contributed by atoms with Crippen LogP contribution in [-0.4, -0.2) is 18.1 Å². The van der Waals surface area contributed by atoms with Gasteiger partial charge in [-0.3, -0.25) is 4.79 Å². The Bertz CT molecular complexity index is 404. The zero-order chi connectivity index (χ0) is 13.0. The van der Waals surface area contributed by atoms with E-state index < -0.39 is 6.10 Å². The van der Waals surface area contributed by atoms with Crippen LogP contribution in [0.1, 0.15) is 26.3 Å². The molecule has 4 heteroatoms. The van der Waals surface area contributed by atoms with Gasteiger partial charge in [-0.05, 0) is 51.5 Å². The monoisotopic (exact) mass is 299 g/mol. The Labute approximate surface area is 111 Å². The zero-order valence-corrected chi connectivity index (χ0v) is 12.2. The Morgan fingerprint density at radius 2 is 2.00 bits per heavy atom. The molecular formula is C13H18BrNO2. The number of nitrogens with one attached hydrogen (secondary N) is 1. The van der Waals surface area contributed by atoms with Crippen LogP contribution < -0.4 is 10.1 Å². The first-order chi connectivity index (χ1) is 7.90. The number of carbonyl (C=O) groups excluding carboxylic acids is 1. The Balaban J connectivity index is 2.67. The molecule has 94 valence electrons. The first-order valence-electron chi connectivity index (χ1n) is 5.63. The molecule has 0 bridgehead atoms. The number of rotatable bonds is 4. The predicted molar refractivity (Wildman–Crippen MR) is 72.2 cm³/mol. The summed E-state index contributed by atoms with van der Waals surface area (Å²) in [7, 11) is 0. The van der Waals surface area contributed by atoms with E-state index in [9.17, 15) is 4.79 Å². The predicted octanol–water partition coefficient (Wildman–Crippen LogP) is 3.05. The van der Waals surface area contributed by atoms with E-state index in [-0.39, 0.29) is 11.9 Å². The molecule has 17 heavy (non-hydrogen) atoms. The topological polar surface area (TPSA) is 38.3 Å². The fourth-order valence-corrected chi connectivity index (χ4v) is 1.87. The second-order valence-corrected chi connectivity index (χ2v) is 5.25. The van der Waals surface area contributed by atoms with Crippen LogP contribution in [-0.2, 0) is 4.79 Å². The number of halogens is 1. The highest BCUT2D eigenvalue weighted by Crippen LogP contribution is 2.23. The lowest BCUT2D eigenvalue weighted by molar-refractivity contribution is -0.127. The van der Waals surface area contributed by atoms with Crippen molar-refractivity contribution in [2.75, 3.05) is 0 Å². The van der Waals surface area contributed by atoms with Crippen LogP contribution in [0.2, 0.25) is 0 Å². The van der Waals surface area contributed by atoms with Crippen molar-refractivity contribution in [3.8, 4) is 5.75 Å². The number of carbonyl (C=O) groups is 1. The number of benzene rings is 1. The van der Waals surface area contributed by atoms with Crippen LogP contribution in [0, 0.1) is 6.92 Å². The van der Waals surface area contributed by atoms with E-state index in [2.05, 4.69) is 21.2 Å². The van der Waals surface area contributed by atoms with Gasteiger partial charge in [0.1, 0.15) is 5.75 Å². The van der Waals surface area contributed by atoms with Crippen LogP contribution in [0.3, 0.4) is 0 Å². The van der Waals surface area contributed by atoms with Crippen LogP contribution in [0.4, 0.5) is 0 Å². The summed E-state index contributed by atoms with van der Waals surface area (Å²) in [6.45, 7) is 7.55. The molecule has 0 aliphatic rings. The molecule has 1 aromatic carbocycles. The van der Waals surface area contributed by atoms with Gasteiger partial charge in [-0.1, -0.05) is 15.9 Å². The lowest BCUT2D eigenvalue weighted by atomic mass is 10.2. The minimum Gasteiger partial charge on any atom is -0.481 e. The third-order valence-electron chi connectivity index (χ3n) is 2.24. The number of amides is 1. The van der Waals surface area contributed by atoms with Gasteiger partial charge in [0.25, 0.3) is 5.91 Å². The summed E-state index contributed by atoms with van der Waals surface area (Å²) in [6.07, 6.45) is -0.489. The molecule has 0 radical (unpaired) electrons. The molecule has 1 N–H and O–H groups in total. The Hall–Kier alpha value is -1.03. The van der Waals surface area contributed by atoms with Crippen LogP contribution in [0.25, 0.3) is 0 Å². The summed E-state index contributed by atoms with van der Waals surface area (Å²) in [4.78, 5) is 11.7. The minimum atomic E-state index is -0.489. The van der Waals surface area contributed by atoms with Crippen molar-refractivity contribution in [3.05, 3.63) is 28.2 Å². The number of hydrogen-bond acceptors (Lipinski definition) is 2. The quantitative estimate of drug-likeness (QED) is 0.928. The summed E-state index contributed by atoms with van der Waals surface area (Å²) in [6, 6.07) is 5.84. The molecule has 1 aromatic rings. The molecule has 0 aliphatic carbocycles. The smallest absolute Gasteiger partial charge is 0.260 e. The summed E-state index contributed by atoms with van der Waals surface area (Å²) in [5.41, 5.74) is 1.00.